The maximum Gasteiger partial charge on any atom is 0.236 e. The van der Waals surface area contributed by atoms with Gasteiger partial charge in [-0.1, -0.05) is 133 Å². The molecule has 0 saturated heterocycles. The topological polar surface area (TPSA) is 35.6 Å². The zero-order chi connectivity index (χ0) is 37.5. The van der Waals surface area contributed by atoms with E-state index in [2.05, 4.69) is 191 Å². The molecule has 4 aromatic heterocycles. The van der Waals surface area contributed by atoms with Gasteiger partial charge in [-0.3, -0.25) is 4.57 Å². The Labute approximate surface area is 333 Å². The molecule has 57 heavy (non-hydrogen) atoms. The molecule has 0 radical (unpaired) electrons. The number of hydrogen-bond acceptors (Lipinski definition) is 3. The van der Waals surface area contributed by atoms with Crippen molar-refractivity contribution in [3.8, 4) is 55.6 Å². The molecule has 0 fully saturated rings. The van der Waals surface area contributed by atoms with E-state index in [1.165, 1.54) is 76.8 Å². The number of benzene rings is 7. The van der Waals surface area contributed by atoms with E-state index in [0.29, 0.717) is 0 Å². The number of hydrogen-bond donors (Lipinski definition) is 0. The summed E-state index contributed by atoms with van der Waals surface area (Å²) in [6, 6.07) is 65.7. The van der Waals surface area contributed by atoms with Crippen LogP contribution in [0.3, 0.4) is 0 Å². The summed E-state index contributed by atoms with van der Waals surface area (Å²) in [6.07, 6.45) is 1.88. The van der Waals surface area contributed by atoms with Gasteiger partial charge in [0.25, 0.3) is 0 Å². The van der Waals surface area contributed by atoms with Gasteiger partial charge in [0.15, 0.2) is 0 Å². The molecule has 0 bridgehead atoms. The standard InChI is InChI=1S/C52H34N4S/c1-4-15-34(16-5-1)48-32-43-50(35-17-6-2-7-18-35)53-52(54-51(43)57-48)56-46-28-26-37(31-42(46)49-39-21-11-10-14-33(39)24-29-47(49)56)36-25-27-45-41(30-36)40-22-12-13-23-44(40)55(45)38-19-8-3-9-20-38/h1-23,25-28,30-32H,24,29H2. The molecular weight excluding hydrogens is 713 g/mol. The van der Waals surface area contributed by atoms with Crippen LogP contribution in [0.1, 0.15) is 11.3 Å². The number of fused-ring (bicyclic) bond motifs is 9. The minimum absolute atomic E-state index is 0.719. The predicted octanol–water partition coefficient (Wildman–Crippen LogP) is 13.5. The number of para-hydroxylation sites is 2. The first-order chi connectivity index (χ1) is 28.3. The van der Waals surface area contributed by atoms with Crippen molar-refractivity contribution in [3.05, 3.63) is 193 Å². The molecule has 268 valence electrons. The monoisotopic (exact) mass is 746 g/mol. The molecule has 5 heteroatoms. The third-order valence-electron chi connectivity index (χ3n) is 11.7. The maximum atomic E-state index is 5.46. The fourth-order valence-corrected chi connectivity index (χ4v) is 10.1. The molecule has 1 aliphatic carbocycles. The summed E-state index contributed by atoms with van der Waals surface area (Å²) in [5.41, 5.74) is 15.6. The third-order valence-corrected chi connectivity index (χ3v) is 12.8. The van der Waals surface area contributed by atoms with Gasteiger partial charge in [0, 0.05) is 48.9 Å². The summed E-state index contributed by atoms with van der Waals surface area (Å²) in [4.78, 5) is 13.0. The molecule has 0 unspecified atom stereocenters. The Balaban J connectivity index is 1.09. The summed E-state index contributed by atoms with van der Waals surface area (Å²) in [7, 11) is 0. The van der Waals surface area contributed by atoms with E-state index in [1.807, 2.05) is 0 Å². The average Bonchev–Trinajstić information content (AvgIpc) is 3.97. The normalized spacial score (nSPS) is 12.4. The highest BCUT2D eigenvalue weighted by Crippen LogP contribution is 2.45. The van der Waals surface area contributed by atoms with E-state index in [0.717, 1.165) is 45.8 Å². The zero-order valence-electron chi connectivity index (χ0n) is 30.9. The fourth-order valence-electron chi connectivity index (χ4n) is 9.10. The molecule has 1 aliphatic rings. The summed E-state index contributed by atoms with van der Waals surface area (Å²) in [6.45, 7) is 0. The molecule has 0 N–H and O–H groups in total. The van der Waals surface area contributed by atoms with Gasteiger partial charge in [-0.15, -0.1) is 11.3 Å². The van der Waals surface area contributed by atoms with Crippen molar-refractivity contribution in [2.45, 2.75) is 12.8 Å². The van der Waals surface area contributed by atoms with E-state index < -0.39 is 0 Å². The summed E-state index contributed by atoms with van der Waals surface area (Å²) in [5.74, 6) is 0.719. The van der Waals surface area contributed by atoms with Crippen LogP contribution in [0, 0.1) is 0 Å². The van der Waals surface area contributed by atoms with E-state index in [-0.39, 0.29) is 0 Å². The Bertz CT molecular complexity index is 3340. The van der Waals surface area contributed by atoms with Gasteiger partial charge in [0.1, 0.15) is 4.83 Å². The Morgan fingerprint density at radius 3 is 1.86 bits per heavy atom. The van der Waals surface area contributed by atoms with Crippen LogP contribution in [-0.4, -0.2) is 19.1 Å². The van der Waals surface area contributed by atoms with Crippen LogP contribution in [0.2, 0.25) is 0 Å². The smallest absolute Gasteiger partial charge is 0.236 e. The van der Waals surface area contributed by atoms with Crippen LogP contribution in [0.5, 0.6) is 0 Å². The Morgan fingerprint density at radius 1 is 0.439 bits per heavy atom. The van der Waals surface area contributed by atoms with Gasteiger partial charge < -0.3 is 4.57 Å². The lowest BCUT2D eigenvalue weighted by Gasteiger charge is -2.19. The van der Waals surface area contributed by atoms with E-state index in [1.54, 1.807) is 11.3 Å². The highest BCUT2D eigenvalue weighted by Gasteiger charge is 2.27. The quantitative estimate of drug-likeness (QED) is 0.176. The predicted molar refractivity (Wildman–Crippen MR) is 238 cm³/mol. The molecular formula is C52H34N4S. The lowest BCUT2D eigenvalue weighted by atomic mass is 9.87. The SMILES string of the molecule is c1ccc(-c2cc3c(-c4ccccc4)nc(-n4c5c(c6cc(-c7ccc8c(c7)c7ccccc7n8-c7ccccc7)ccc64)-c4ccccc4CC5)nc3s2)cc1. The summed E-state index contributed by atoms with van der Waals surface area (Å²) in [5, 5.41) is 4.80. The second-order valence-electron chi connectivity index (χ2n) is 14.9. The number of nitrogens with zero attached hydrogens (tertiary/aromatic N) is 4. The van der Waals surface area contributed by atoms with E-state index >= 15 is 0 Å². The first-order valence-electron chi connectivity index (χ1n) is 19.5. The van der Waals surface area contributed by atoms with E-state index in [4.69, 9.17) is 9.97 Å². The lowest BCUT2D eigenvalue weighted by molar-refractivity contribution is 0.838. The van der Waals surface area contributed by atoms with Crippen molar-refractivity contribution >= 4 is 54.3 Å². The average molecular weight is 747 g/mol. The highest BCUT2D eigenvalue weighted by atomic mass is 32.1. The molecule has 0 spiro atoms. The van der Waals surface area contributed by atoms with Crippen molar-refractivity contribution in [2.75, 3.05) is 0 Å². The lowest BCUT2D eigenvalue weighted by Crippen LogP contribution is -2.10. The molecule has 4 nitrogen and oxygen atoms in total. The number of aromatic nitrogens is 4. The largest absolute Gasteiger partial charge is 0.309 e. The molecule has 0 amide bonds. The first-order valence-corrected chi connectivity index (χ1v) is 20.4. The van der Waals surface area contributed by atoms with Gasteiger partial charge in [0.2, 0.25) is 5.95 Å². The van der Waals surface area contributed by atoms with Crippen LogP contribution >= 0.6 is 11.3 Å². The molecule has 11 aromatic rings. The van der Waals surface area contributed by atoms with Crippen molar-refractivity contribution < 1.29 is 0 Å². The molecule has 12 rings (SSSR count). The van der Waals surface area contributed by atoms with Gasteiger partial charge >= 0.3 is 0 Å². The third kappa shape index (κ3) is 5.06. The zero-order valence-corrected chi connectivity index (χ0v) is 31.7. The maximum absolute atomic E-state index is 5.46. The fraction of sp³-hybridized carbons (Fsp3) is 0.0385. The van der Waals surface area contributed by atoms with Gasteiger partial charge in [-0.2, -0.15) is 0 Å². The van der Waals surface area contributed by atoms with Crippen LogP contribution in [0.15, 0.2) is 182 Å². The van der Waals surface area contributed by atoms with E-state index in [9.17, 15) is 0 Å². The van der Waals surface area contributed by atoms with Crippen LogP contribution in [-0.2, 0) is 12.8 Å². The second-order valence-corrected chi connectivity index (χ2v) is 15.9. The van der Waals surface area contributed by atoms with Crippen molar-refractivity contribution in [1.82, 2.24) is 19.1 Å². The Morgan fingerprint density at radius 2 is 1.07 bits per heavy atom. The number of aryl methyl sites for hydroxylation is 1. The molecule has 4 heterocycles. The molecule has 0 atom stereocenters. The Kier molecular flexibility index (Phi) is 7.19. The van der Waals surface area contributed by atoms with Crippen molar-refractivity contribution in [3.63, 3.8) is 0 Å². The second kappa shape index (κ2) is 12.7. The molecule has 7 aromatic carbocycles. The van der Waals surface area contributed by atoms with Crippen LogP contribution < -0.4 is 0 Å². The minimum atomic E-state index is 0.719. The van der Waals surface area contributed by atoms with Crippen molar-refractivity contribution in [1.29, 1.82) is 0 Å². The minimum Gasteiger partial charge on any atom is -0.309 e. The molecule has 0 saturated carbocycles. The number of thiophene rings is 1. The molecule has 0 aliphatic heterocycles. The van der Waals surface area contributed by atoms with Gasteiger partial charge in [0.05, 0.1) is 22.2 Å². The van der Waals surface area contributed by atoms with Crippen molar-refractivity contribution in [2.24, 2.45) is 0 Å². The highest BCUT2D eigenvalue weighted by molar-refractivity contribution is 7.21. The van der Waals surface area contributed by atoms with Crippen LogP contribution in [0.25, 0.3) is 98.5 Å². The van der Waals surface area contributed by atoms with Crippen LogP contribution in [0.4, 0.5) is 0 Å². The van der Waals surface area contributed by atoms with Gasteiger partial charge in [-0.05, 0) is 89.2 Å². The van der Waals surface area contributed by atoms with Gasteiger partial charge in [-0.25, -0.2) is 9.97 Å². The first kappa shape index (κ1) is 32.2. The summed E-state index contributed by atoms with van der Waals surface area (Å²) >= 11 is 1.74. The Hall–Kier alpha value is -7.08. The number of rotatable bonds is 5. The summed E-state index contributed by atoms with van der Waals surface area (Å²) < 4.78 is 4.73.